The number of likely N-dealkylation sites (tertiary alicyclic amines) is 1. The predicted octanol–water partition coefficient (Wildman–Crippen LogP) is 3.04. The molecule has 1 saturated heterocycles. The number of hydrogen-bond acceptors (Lipinski definition) is 3. The highest BCUT2D eigenvalue weighted by Gasteiger charge is 2.37. The molecule has 1 heterocycles. The van der Waals surface area contributed by atoms with E-state index in [2.05, 4.69) is 11.9 Å². The van der Waals surface area contributed by atoms with Crippen LogP contribution in [0.2, 0.25) is 0 Å². The fourth-order valence-electron chi connectivity index (χ4n) is 3.58. The molecule has 1 aliphatic carbocycles. The van der Waals surface area contributed by atoms with Gasteiger partial charge in [0, 0.05) is 31.6 Å². The molecule has 0 radical (unpaired) electrons. The van der Waals surface area contributed by atoms with E-state index in [0.29, 0.717) is 31.1 Å². The smallest absolute Gasteiger partial charge is 0.257 e. The highest BCUT2D eigenvalue weighted by Crippen LogP contribution is 2.39. The lowest BCUT2D eigenvalue weighted by molar-refractivity contribution is -0.126. The van der Waals surface area contributed by atoms with Crippen LogP contribution in [0.15, 0.2) is 36.5 Å². The lowest BCUT2D eigenvalue weighted by Gasteiger charge is -2.31. The summed E-state index contributed by atoms with van der Waals surface area (Å²) in [6, 6.07) is 7.59. The number of rotatable bonds is 8. The molecule has 0 bridgehead atoms. The van der Waals surface area contributed by atoms with E-state index in [9.17, 15) is 9.59 Å². The number of nitrogens with one attached hydrogen (secondary N) is 1. The summed E-state index contributed by atoms with van der Waals surface area (Å²) in [5, 5.41) is 2.83. The van der Waals surface area contributed by atoms with Crippen molar-refractivity contribution in [1.29, 1.82) is 0 Å². The quantitative estimate of drug-likeness (QED) is 0.779. The summed E-state index contributed by atoms with van der Waals surface area (Å²) < 4.78 is 5.46. The lowest BCUT2D eigenvalue weighted by atomic mass is 9.75. The van der Waals surface area contributed by atoms with Crippen LogP contribution in [0.4, 0.5) is 0 Å². The Morgan fingerprint density at radius 3 is 2.65 bits per heavy atom. The molecule has 1 aromatic rings. The molecule has 5 nitrogen and oxygen atoms in total. The van der Waals surface area contributed by atoms with Crippen LogP contribution in [0.3, 0.4) is 0 Å². The van der Waals surface area contributed by atoms with Crippen LogP contribution in [-0.2, 0) is 9.59 Å². The highest BCUT2D eigenvalue weighted by atomic mass is 16.5. The molecule has 1 N–H and O–H groups in total. The standard InChI is InChI=1S/C21H28N2O3/c1-15-6-8-19(9-7-15)26-14-20(24)22-11-10-16(2)23-13-18(12-21(23)25)17-4-3-5-17/h6-9,17-18H,2-5,10-14H2,1H3,(H,22,24). The van der Waals surface area contributed by atoms with Crippen molar-refractivity contribution in [2.45, 2.75) is 39.0 Å². The molecule has 1 aliphatic heterocycles. The Morgan fingerprint density at radius 2 is 2.00 bits per heavy atom. The second-order valence-corrected chi connectivity index (χ2v) is 7.43. The van der Waals surface area contributed by atoms with Gasteiger partial charge in [0.05, 0.1) is 0 Å². The van der Waals surface area contributed by atoms with Gasteiger partial charge in [-0.2, -0.15) is 0 Å². The molecule has 2 amide bonds. The molecule has 1 saturated carbocycles. The molecule has 0 aromatic heterocycles. The monoisotopic (exact) mass is 356 g/mol. The van der Waals surface area contributed by atoms with E-state index >= 15 is 0 Å². The van der Waals surface area contributed by atoms with Crippen LogP contribution in [-0.4, -0.2) is 36.4 Å². The molecule has 1 atom stereocenters. The van der Waals surface area contributed by atoms with E-state index in [4.69, 9.17) is 4.74 Å². The van der Waals surface area contributed by atoms with Gasteiger partial charge >= 0.3 is 0 Å². The van der Waals surface area contributed by atoms with Gasteiger partial charge in [0.1, 0.15) is 5.75 Å². The van der Waals surface area contributed by atoms with E-state index in [0.717, 1.165) is 23.7 Å². The minimum atomic E-state index is -0.168. The number of benzene rings is 1. The van der Waals surface area contributed by atoms with Gasteiger partial charge in [0.2, 0.25) is 5.91 Å². The van der Waals surface area contributed by atoms with Crippen molar-refractivity contribution in [2.24, 2.45) is 11.8 Å². The first-order valence-corrected chi connectivity index (χ1v) is 9.47. The van der Waals surface area contributed by atoms with Gasteiger partial charge in [-0.05, 0) is 30.9 Å². The molecule has 1 aromatic carbocycles. The molecule has 5 heteroatoms. The number of carbonyl (C=O) groups is 2. The summed E-state index contributed by atoms with van der Waals surface area (Å²) in [5.41, 5.74) is 1.95. The largest absolute Gasteiger partial charge is 0.484 e. The average molecular weight is 356 g/mol. The minimum Gasteiger partial charge on any atom is -0.484 e. The molecule has 0 spiro atoms. The Balaban J connectivity index is 1.34. The van der Waals surface area contributed by atoms with Gasteiger partial charge in [-0.1, -0.05) is 43.5 Å². The Hall–Kier alpha value is -2.30. The first-order chi connectivity index (χ1) is 12.5. The first kappa shape index (κ1) is 18.5. The van der Waals surface area contributed by atoms with E-state index < -0.39 is 0 Å². The molecule has 2 fully saturated rings. The van der Waals surface area contributed by atoms with Gasteiger partial charge < -0.3 is 15.0 Å². The van der Waals surface area contributed by atoms with Gasteiger partial charge in [0.25, 0.3) is 5.91 Å². The third-order valence-corrected chi connectivity index (χ3v) is 5.48. The van der Waals surface area contributed by atoms with Crippen molar-refractivity contribution in [3.63, 3.8) is 0 Å². The number of nitrogens with zero attached hydrogens (tertiary/aromatic N) is 1. The summed E-state index contributed by atoms with van der Waals surface area (Å²) >= 11 is 0. The molecule has 1 unspecified atom stereocenters. The Labute approximate surface area is 155 Å². The summed E-state index contributed by atoms with van der Waals surface area (Å²) in [7, 11) is 0. The van der Waals surface area contributed by atoms with Crippen LogP contribution in [0, 0.1) is 18.8 Å². The van der Waals surface area contributed by atoms with Crippen LogP contribution >= 0.6 is 0 Å². The van der Waals surface area contributed by atoms with Crippen molar-refractivity contribution in [1.82, 2.24) is 10.2 Å². The van der Waals surface area contributed by atoms with Crippen molar-refractivity contribution in [3.05, 3.63) is 42.1 Å². The molecular weight excluding hydrogens is 328 g/mol. The van der Waals surface area contributed by atoms with Crippen LogP contribution in [0.1, 0.15) is 37.7 Å². The van der Waals surface area contributed by atoms with Crippen molar-refractivity contribution in [2.75, 3.05) is 19.7 Å². The van der Waals surface area contributed by atoms with Crippen molar-refractivity contribution in [3.8, 4) is 5.75 Å². The zero-order valence-electron chi connectivity index (χ0n) is 15.5. The van der Waals surface area contributed by atoms with Crippen molar-refractivity contribution < 1.29 is 14.3 Å². The fraction of sp³-hybridized carbons (Fsp3) is 0.524. The zero-order chi connectivity index (χ0) is 18.5. The zero-order valence-corrected chi connectivity index (χ0v) is 15.5. The third-order valence-electron chi connectivity index (χ3n) is 5.48. The Kier molecular flexibility index (Phi) is 5.96. The van der Waals surface area contributed by atoms with Gasteiger partial charge in [0.15, 0.2) is 6.61 Å². The van der Waals surface area contributed by atoms with E-state index in [-0.39, 0.29) is 18.4 Å². The number of carbonyl (C=O) groups excluding carboxylic acids is 2. The molecule has 2 aliphatic rings. The summed E-state index contributed by atoms with van der Waals surface area (Å²) in [5.74, 6) is 1.90. The lowest BCUT2D eigenvalue weighted by Crippen LogP contribution is -2.32. The third kappa shape index (κ3) is 4.65. The second kappa shape index (κ2) is 8.39. The summed E-state index contributed by atoms with van der Waals surface area (Å²) in [6.45, 7) is 7.30. The molecular formula is C21H28N2O3. The second-order valence-electron chi connectivity index (χ2n) is 7.43. The van der Waals surface area contributed by atoms with Crippen LogP contribution in [0.5, 0.6) is 5.75 Å². The maximum absolute atomic E-state index is 12.2. The number of ether oxygens (including phenoxy) is 1. The number of hydrogen-bond donors (Lipinski definition) is 1. The van der Waals surface area contributed by atoms with E-state index in [1.54, 1.807) is 0 Å². The van der Waals surface area contributed by atoms with E-state index in [1.165, 1.54) is 19.3 Å². The molecule has 140 valence electrons. The summed E-state index contributed by atoms with van der Waals surface area (Å²) in [4.78, 5) is 25.9. The number of aryl methyl sites for hydroxylation is 1. The Bertz CT molecular complexity index is 664. The molecule has 3 rings (SSSR count). The van der Waals surface area contributed by atoms with Crippen molar-refractivity contribution >= 4 is 11.8 Å². The fourth-order valence-corrected chi connectivity index (χ4v) is 3.58. The SMILES string of the molecule is C=C(CCNC(=O)COc1ccc(C)cc1)N1CC(C2CCC2)CC1=O. The van der Waals surface area contributed by atoms with Crippen LogP contribution in [0.25, 0.3) is 0 Å². The van der Waals surface area contributed by atoms with Gasteiger partial charge in [-0.15, -0.1) is 0 Å². The molecule has 26 heavy (non-hydrogen) atoms. The first-order valence-electron chi connectivity index (χ1n) is 9.47. The topological polar surface area (TPSA) is 58.6 Å². The highest BCUT2D eigenvalue weighted by molar-refractivity contribution is 5.80. The normalized spacial score (nSPS) is 20.0. The number of amides is 2. The predicted molar refractivity (Wildman–Crippen MR) is 101 cm³/mol. The minimum absolute atomic E-state index is 0.0120. The van der Waals surface area contributed by atoms with Gasteiger partial charge in [-0.25, -0.2) is 0 Å². The van der Waals surface area contributed by atoms with E-state index in [1.807, 2.05) is 36.1 Å². The Morgan fingerprint density at radius 1 is 1.27 bits per heavy atom. The average Bonchev–Trinajstić information content (AvgIpc) is 2.94. The van der Waals surface area contributed by atoms with Crippen LogP contribution < -0.4 is 10.1 Å². The van der Waals surface area contributed by atoms with Gasteiger partial charge in [-0.3, -0.25) is 9.59 Å². The maximum Gasteiger partial charge on any atom is 0.257 e. The summed E-state index contributed by atoms with van der Waals surface area (Å²) in [6.07, 6.45) is 5.05. The maximum atomic E-state index is 12.2.